The second kappa shape index (κ2) is 8.90. The Kier molecular flexibility index (Phi) is 5.80. The minimum atomic E-state index is -0.266. The third kappa shape index (κ3) is 4.45. The quantitative estimate of drug-likeness (QED) is 0.491. The Morgan fingerprint density at radius 3 is 2.79 bits per heavy atom. The number of carbonyl (C=O) groups excluding carboxylic acids is 1. The zero-order chi connectivity index (χ0) is 22.9. The predicted octanol–water partition coefficient (Wildman–Crippen LogP) is 3.19. The molecule has 8 nitrogen and oxygen atoms in total. The number of hydrogen-bond acceptors (Lipinski definition) is 6. The molecule has 0 aliphatic carbocycles. The number of rotatable bonds is 5. The molecule has 33 heavy (non-hydrogen) atoms. The van der Waals surface area contributed by atoms with Crippen LogP contribution in [0.2, 0.25) is 0 Å². The van der Waals surface area contributed by atoms with Crippen LogP contribution in [0, 0.1) is 13.8 Å². The second-order valence-corrected chi connectivity index (χ2v) is 9.54. The lowest BCUT2D eigenvalue weighted by atomic mass is 9.95. The van der Waals surface area contributed by atoms with Gasteiger partial charge in [0.2, 0.25) is 5.91 Å². The van der Waals surface area contributed by atoms with Crippen LogP contribution in [0.4, 0.5) is 0 Å². The Hall–Kier alpha value is -3.33. The van der Waals surface area contributed by atoms with Crippen LogP contribution in [0.15, 0.2) is 39.8 Å². The molecule has 1 saturated heterocycles. The van der Waals surface area contributed by atoms with Crippen molar-refractivity contribution in [2.24, 2.45) is 0 Å². The lowest BCUT2D eigenvalue weighted by Crippen LogP contribution is -2.39. The Morgan fingerprint density at radius 2 is 2.03 bits per heavy atom. The molecule has 1 aliphatic rings. The van der Waals surface area contributed by atoms with Gasteiger partial charge in [0.15, 0.2) is 11.2 Å². The van der Waals surface area contributed by atoms with Gasteiger partial charge in [0.1, 0.15) is 5.82 Å². The number of H-pyrrole nitrogens is 1. The molecule has 9 heteroatoms. The van der Waals surface area contributed by atoms with Crippen molar-refractivity contribution in [2.75, 3.05) is 13.1 Å². The monoisotopic (exact) mass is 462 g/mol. The number of fused-ring (bicyclic) bond motifs is 1. The first kappa shape index (κ1) is 21.5. The largest absolute Gasteiger partial charge is 0.342 e. The highest BCUT2D eigenvalue weighted by atomic mass is 32.1. The highest BCUT2D eigenvalue weighted by Gasteiger charge is 2.26. The zero-order valence-electron chi connectivity index (χ0n) is 18.7. The van der Waals surface area contributed by atoms with Gasteiger partial charge in [-0.15, -0.1) is 5.10 Å². The minimum Gasteiger partial charge on any atom is -0.342 e. The zero-order valence-corrected chi connectivity index (χ0v) is 19.6. The maximum Gasteiger partial charge on any atom is 0.281 e. The number of thiophene rings is 1. The smallest absolute Gasteiger partial charge is 0.281 e. The van der Waals surface area contributed by atoms with E-state index >= 15 is 0 Å². The average Bonchev–Trinajstić information content (AvgIpc) is 3.47. The number of aromatic nitrogens is 5. The Bertz CT molecular complexity index is 1350. The molecule has 1 aromatic carbocycles. The van der Waals surface area contributed by atoms with Crippen LogP contribution in [0.25, 0.3) is 11.2 Å². The molecule has 4 heterocycles. The van der Waals surface area contributed by atoms with Gasteiger partial charge in [0, 0.05) is 19.0 Å². The number of hydrogen-bond donors (Lipinski definition) is 1. The minimum absolute atomic E-state index is 0.0938. The molecule has 0 unspecified atom stereocenters. The third-order valence-electron chi connectivity index (χ3n) is 6.39. The molecule has 1 aliphatic heterocycles. The lowest BCUT2D eigenvalue weighted by Gasteiger charge is -2.31. The molecule has 1 amide bonds. The highest BCUT2D eigenvalue weighted by Crippen LogP contribution is 2.26. The molecular formula is C24H26N6O2S. The number of benzene rings is 1. The van der Waals surface area contributed by atoms with Gasteiger partial charge in [-0.3, -0.25) is 9.59 Å². The molecule has 3 aromatic heterocycles. The van der Waals surface area contributed by atoms with E-state index in [0.717, 1.165) is 29.5 Å². The van der Waals surface area contributed by atoms with Crippen LogP contribution >= 0.6 is 11.3 Å². The topological polar surface area (TPSA) is 96.8 Å². The summed E-state index contributed by atoms with van der Waals surface area (Å²) in [6.07, 6.45) is 1.98. The van der Waals surface area contributed by atoms with Gasteiger partial charge in [0.05, 0.1) is 13.0 Å². The average molecular weight is 463 g/mol. The summed E-state index contributed by atoms with van der Waals surface area (Å²) in [5.41, 5.74) is 5.02. The standard InChI is InChI=1S/C24H26N6O2S/c1-15-3-4-16(2)19(11-15)13-30-23-21(27-28-30)24(32)26-22(25-23)18-5-8-29(9-6-18)20(31)12-17-7-10-33-14-17/h3-4,7,10-11,14,18H,5-6,8-9,12-13H2,1-2H3,(H,25,26,32). The molecule has 0 spiro atoms. The van der Waals surface area contributed by atoms with Crippen molar-refractivity contribution in [3.05, 3.63) is 73.5 Å². The van der Waals surface area contributed by atoms with E-state index in [0.29, 0.717) is 37.5 Å². The summed E-state index contributed by atoms with van der Waals surface area (Å²) in [7, 11) is 0. The fraction of sp³-hybridized carbons (Fsp3) is 0.375. The van der Waals surface area contributed by atoms with Crippen LogP contribution < -0.4 is 5.56 Å². The maximum atomic E-state index is 12.7. The Labute approximate surface area is 195 Å². The number of aryl methyl sites for hydroxylation is 2. The number of nitrogens with one attached hydrogen (secondary N) is 1. The van der Waals surface area contributed by atoms with Gasteiger partial charge in [0.25, 0.3) is 5.56 Å². The maximum absolute atomic E-state index is 12.7. The molecule has 1 N–H and O–H groups in total. The molecule has 0 radical (unpaired) electrons. The van der Waals surface area contributed by atoms with E-state index < -0.39 is 0 Å². The van der Waals surface area contributed by atoms with E-state index in [1.54, 1.807) is 16.0 Å². The normalized spacial score (nSPS) is 14.8. The highest BCUT2D eigenvalue weighted by molar-refractivity contribution is 7.08. The molecule has 0 saturated carbocycles. The van der Waals surface area contributed by atoms with Crippen molar-refractivity contribution >= 4 is 28.4 Å². The van der Waals surface area contributed by atoms with Crippen molar-refractivity contribution in [1.82, 2.24) is 29.9 Å². The number of aromatic amines is 1. The van der Waals surface area contributed by atoms with Crippen molar-refractivity contribution in [3.63, 3.8) is 0 Å². The first-order valence-electron chi connectivity index (χ1n) is 11.2. The van der Waals surface area contributed by atoms with Gasteiger partial charge in [-0.2, -0.15) is 11.3 Å². The molecule has 170 valence electrons. The van der Waals surface area contributed by atoms with E-state index in [1.807, 2.05) is 21.7 Å². The van der Waals surface area contributed by atoms with Crippen LogP contribution in [0.3, 0.4) is 0 Å². The Balaban J connectivity index is 1.34. The van der Waals surface area contributed by atoms with Gasteiger partial charge in [-0.1, -0.05) is 29.0 Å². The number of likely N-dealkylation sites (tertiary alicyclic amines) is 1. The molecule has 4 aromatic rings. The predicted molar refractivity (Wildman–Crippen MR) is 128 cm³/mol. The van der Waals surface area contributed by atoms with Gasteiger partial charge < -0.3 is 9.88 Å². The van der Waals surface area contributed by atoms with E-state index in [1.165, 1.54) is 5.56 Å². The molecule has 1 fully saturated rings. The summed E-state index contributed by atoms with van der Waals surface area (Å²) in [5.74, 6) is 0.901. The number of amides is 1. The molecular weight excluding hydrogens is 436 g/mol. The van der Waals surface area contributed by atoms with Gasteiger partial charge in [-0.05, 0) is 60.2 Å². The summed E-state index contributed by atoms with van der Waals surface area (Å²) in [5, 5.41) is 12.3. The summed E-state index contributed by atoms with van der Waals surface area (Å²) >= 11 is 1.61. The molecule has 0 atom stereocenters. The van der Waals surface area contributed by atoms with E-state index in [2.05, 4.69) is 47.3 Å². The van der Waals surface area contributed by atoms with Crippen LogP contribution in [0.1, 0.15) is 46.8 Å². The fourth-order valence-corrected chi connectivity index (χ4v) is 5.07. The fourth-order valence-electron chi connectivity index (χ4n) is 4.40. The van der Waals surface area contributed by atoms with Crippen LogP contribution in [-0.4, -0.2) is 48.9 Å². The Morgan fingerprint density at radius 1 is 1.21 bits per heavy atom. The number of nitrogens with zero attached hydrogens (tertiary/aromatic N) is 5. The summed E-state index contributed by atoms with van der Waals surface area (Å²) in [4.78, 5) is 34.9. The van der Waals surface area contributed by atoms with Crippen LogP contribution in [-0.2, 0) is 17.8 Å². The van der Waals surface area contributed by atoms with Crippen molar-refractivity contribution in [3.8, 4) is 0 Å². The van der Waals surface area contributed by atoms with Gasteiger partial charge in [-0.25, -0.2) is 9.67 Å². The third-order valence-corrected chi connectivity index (χ3v) is 7.12. The summed E-state index contributed by atoms with van der Waals surface area (Å²) < 4.78 is 1.70. The molecule has 0 bridgehead atoms. The van der Waals surface area contributed by atoms with E-state index in [9.17, 15) is 9.59 Å². The van der Waals surface area contributed by atoms with Gasteiger partial charge >= 0.3 is 0 Å². The second-order valence-electron chi connectivity index (χ2n) is 8.76. The lowest BCUT2D eigenvalue weighted by molar-refractivity contribution is -0.131. The molecule has 5 rings (SSSR count). The number of carbonyl (C=O) groups is 1. The van der Waals surface area contributed by atoms with Crippen molar-refractivity contribution in [1.29, 1.82) is 0 Å². The SMILES string of the molecule is Cc1ccc(C)c(Cn2nnc3c(=O)[nH]c(C4CCN(C(=O)Cc5ccsc5)CC4)nc32)c1. The number of piperidine rings is 1. The van der Waals surface area contributed by atoms with E-state index in [-0.39, 0.29) is 22.9 Å². The first-order chi connectivity index (χ1) is 16.0. The van der Waals surface area contributed by atoms with Crippen LogP contribution in [0.5, 0.6) is 0 Å². The first-order valence-corrected chi connectivity index (χ1v) is 12.1. The van der Waals surface area contributed by atoms with Crippen molar-refractivity contribution in [2.45, 2.75) is 45.6 Å². The van der Waals surface area contributed by atoms with Crippen molar-refractivity contribution < 1.29 is 4.79 Å². The summed E-state index contributed by atoms with van der Waals surface area (Å²) in [6, 6.07) is 8.29. The van der Waals surface area contributed by atoms with E-state index in [4.69, 9.17) is 4.98 Å². The summed E-state index contributed by atoms with van der Waals surface area (Å²) in [6.45, 7) is 5.95.